The Hall–Kier alpha value is -9.83. The summed E-state index contributed by atoms with van der Waals surface area (Å²) in [5.41, 5.74) is 10.2. The Kier molecular flexibility index (Phi) is 21.6. The number of rotatable bonds is 24. The summed E-state index contributed by atoms with van der Waals surface area (Å²) in [5, 5.41) is 7.51. The largest absolute Gasteiger partial charge is 0.493 e. The minimum Gasteiger partial charge on any atom is -0.493 e. The fraction of sp³-hybridized carbons (Fsp3) is 0.347. The molecule has 21 heteroatoms. The van der Waals surface area contributed by atoms with E-state index in [-0.39, 0.29) is 53.3 Å². The Morgan fingerprint density at radius 1 is 0.510 bits per heavy atom. The highest BCUT2D eigenvalue weighted by Crippen LogP contribution is 2.43. The standard InChI is InChI=1S/C39H44N4O6.C36H39N5O5S/c1-25-23-35(49-27(25)3)37(44)40-18-10-15-31(29-16-17-33(47-4)34(24-29)48-5)43-38(45)30-13-9-14-32(36(30)39(43)46)42-21-19-41(20-22-42)26(2)28-11-7-6-8-12-28;1-24(25-9-5-4-6-10-25)39-17-19-40(20-18-39)30-12-7-11-27-33(30)36(44)41(35(27)43)29(26-14-15-31(45-2)32(21-26)46-3)13-8-16-37-34(42)28-22-47-23-38-28/h6-9,11-14,16-17,23-24,26,31H,10,15,18-22H2,1-5H3,(H,40,44);4-7,9-12,14-15,21-24,29H,8,13,16-20H2,1-3H3,(H,37,42)/t26-,31-;24-,29-/m11/s1. The number of aromatic nitrogens is 1. The van der Waals surface area contributed by atoms with E-state index in [9.17, 15) is 28.8 Å². The van der Waals surface area contributed by atoms with Crippen LogP contribution < -0.4 is 39.4 Å². The van der Waals surface area contributed by atoms with Crippen LogP contribution in [0.4, 0.5) is 11.4 Å². The van der Waals surface area contributed by atoms with Crippen LogP contribution in [-0.2, 0) is 0 Å². The smallest absolute Gasteiger partial charge is 0.287 e. The number of hydrogen-bond acceptors (Lipinski definition) is 17. The second kappa shape index (κ2) is 30.7. The Bertz CT molecular complexity index is 4050. The number of furan rings is 1. The highest BCUT2D eigenvalue weighted by molar-refractivity contribution is 7.07. The van der Waals surface area contributed by atoms with Gasteiger partial charge in [-0.25, -0.2) is 4.98 Å². The monoisotopic (exact) mass is 1320 g/mol. The van der Waals surface area contributed by atoms with E-state index in [0.29, 0.717) is 95.5 Å². The second-order valence-electron chi connectivity index (χ2n) is 24.4. The number of ether oxygens (including phenoxy) is 4. The maximum Gasteiger partial charge on any atom is 0.287 e. The van der Waals surface area contributed by atoms with Gasteiger partial charge in [0.25, 0.3) is 35.4 Å². The summed E-state index contributed by atoms with van der Waals surface area (Å²) >= 11 is 1.36. The van der Waals surface area contributed by atoms with Gasteiger partial charge in [-0.2, -0.15) is 0 Å². The van der Waals surface area contributed by atoms with Crippen LogP contribution in [0.25, 0.3) is 0 Å². The molecule has 8 aromatic rings. The van der Waals surface area contributed by atoms with Crippen LogP contribution in [0, 0.1) is 13.8 Å². The van der Waals surface area contributed by atoms with Gasteiger partial charge in [-0.3, -0.25) is 48.4 Å². The molecule has 2 saturated heterocycles. The number of anilines is 2. The van der Waals surface area contributed by atoms with Gasteiger partial charge < -0.3 is 43.8 Å². The average Bonchev–Trinajstić information content (AvgIpc) is 1.60. The third-order valence-corrected chi connectivity index (χ3v) is 19.5. The zero-order valence-electron chi connectivity index (χ0n) is 55.7. The first kappa shape index (κ1) is 67.6. The molecule has 12 rings (SSSR count). The molecule has 96 heavy (non-hydrogen) atoms. The molecule has 2 aromatic heterocycles. The number of methoxy groups -OCH3 is 4. The Morgan fingerprint density at radius 3 is 1.34 bits per heavy atom. The number of carbonyl (C=O) groups excluding carboxylic acids is 6. The molecule has 0 aliphatic carbocycles. The maximum absolute atomic E-state index is 14.4. The topological polar surface area (TPSA) is 209 Å². The lowest BCUT2D eigenvalue weighted by molar-refractivity contribution is 0.0556. The summed E-state index contributed by atoms with van der Waals surface area (Å²) in [4.78, 5) is 98.4. The average molecular weight is 1320 g/mol. The van der Waals surface area contributed by atoms with E-state index >= 15 is 0 Å². The highest BCUT2D eigenvalue weighted by Gasteiger charge is 2.45. The van der Waals surface area contributed by atoms with Crippen molar-refractivity contribution in [3.8, 4) is 23.0 Å². The lowest BCUT2D eigenvalue weighted by Gasteiger charge is -2.39. The van der Waals surface area contributed by atoms with E-state index in [1.54, 1.807) is 69.7 Å². The summed E-state index contributed by atoms with van der Waals surface area (Å²) in [6, 6.07) is 44.1. The molecule has 20 nitrogen and oxygen atoms in total. The quantitative estimate of drug-likeness (QED) is 0.0426. The predicted molar refractivity (Wildman–Crippen MR) is 369 cm³/mol. The molecule has 2 fully saturated rings. The normalized spacial score (nSPS) is 16.1. The van der Waals surface area contributed by atoms with Crippen molar-refractivity contribution in [3.05, 3.63) is 218 Å². The van der Waals surface area contributed by atoms with Crippen molar-refractivity contribution in [2.45, 2.75) is 77.5 Å². The van der Waals surface area contributed by atoms with Crippen molar-refractivity contribution in [2.75, 3.05) is 104 Å². The van der Waals surface area contributed by atoms with Crippen molar-refractivity contribution < 1.29 is 52.1 Å². The van der Waals surface area contributed by atoms with Crippen LogP contribution in [0.15, 0.2) is 155 Å². The summed E-state index contributed by atoms with van der Waals surface area (Å²) in [5.74, 6) is 1.23. The number of hydrogen-bond donors (Lipinski definition) is 2. The molecule has 6 aromatic carbocycles. The first-order valence-corrected chi connectivity index (χ1v) is 33.6. The molecule has 4 aliphatic rings. The number of thiazole rings is 1. The van der Waals surface area contributed by atoms with Crippen molar-refractivity contribution in [2.24, 2.45) is 0 Å². The van der Waals surface area contributed by atoms with Crippen LogP contribution in [0.2, 0.25) is 0 Å². The third-order valence-electron chi connectivity index (χ3n) is 19.0. The minimum atomic E-state index is -0.603. The van der Waals surface area contributed by atoms with E-state index in [2.05, 4.69) is 97.6 Å². The number of imide groups is 2. The summed E-state index contributed by atoms with van der Waals surface area (Å²) in [6.45, 7) is 15.2. The van der Waals surface area contributed by atoms with Crippen LogP contribution in [0.3, 0.4) is 0 Å². The molecule has 0 bridgehead atoms. The Labute approximate surface area is 564 Å². The van der Waals surface area contributed by atoms with E-state index in [0.717, 1.165) is 80.4 Å². The van der Waals surface area contributed by atoms with Gasteiger partial charge in [-0.1, -0.05) is 84.9 Å². The molecule has 0 spiro atoms. The molecule has 0 unspecified atom stereocenters. The number of nitrogens with one attached hydrogen (secondary N) is 2. The molecule has 0 saturated carbocycles. The summed E-state index contributed by atoms with van der Waals surface area (Å²) in [6.07, 6.45) is 1.88. The molecule has 0 radical (unpaired) electrons. The molecule has 4 atom stereocenters. The SMILES string of the molecule is COc1ccc([C@@H](CCCNC(=O)c2cc(C)c(C)o2)N2C(=O)c3cccc(N4CCN([C@H](C)c5ccccc5)CC4)c3C2=O)cc1OC.COc1ccc([C@@H](CCCNC(=O)c2cscn2)N2C(=O)c3cccc(N4CCN([C@H](C)c5ccccc5)CC4)c3C2=O)cc1OC. The predicted octanol–water partition coefficient (Wildman–Crippen LogP) is 11.9. The van der Waals surface area contributed by atoms with Gasteiger partial charge in [0.15, 0.2) is 28.8 Å². The van der Waals surface area contributed by atoms with Gasteiger partial charge in [0.05, 0.1) is 79.7 Å². The van der Waals surface area contributed by atoms with E-state index in [1.165, 1.54) is 32.3 Å². The fourth-order valence-electron chi connectivity index (χ4n) is 13.4. The molecule has 4 aliphatic heterocycles. The summed E-state index contributed by atoms with van der Waals surface area (Å²) in [7, 11) is 6.24. The zero-order valence-corrected chi connectivity index (χ0v) is 56.5. The van der Waals surface area contributed by atoms with Gasteiger partial charge >= 0.3 is 0 Å². The van der Waals surface area contributed by atoms with Gasteiger partial charge in [0.1, 0.15) is 11.5 Å². The number of benzene rings is 6. The van der Waals surface area contributed by atoms with E-state index in [1.807, 2.05) is 74.5 Å². The molecule has 2 N–H and O–H groups in total. The van der Waals surface area contributed by atoms with Gasteiger partial charge in [0, 0.05) is 82.9 Å². The van der Waals surface area contributed by atoms with Crippen molar-refractivity contribution in [3.63, 3.8) is 0 Å². The Morgan fingerprint density at radius 2 is 0.948 bits per heavy atom. The Balaban J connectivity index is 0.000000195. The number of fused-ring (bicyclic) bond motifs is 2. The molecule has 6 amide bonds. The van der Waals surface area contributed by atoms with Gasteiger partial charge in [-0.05, 0) is 136 Å². The van der Waals surface area contributed by atoms with Crippen molar-refractivity contribution in [1.29, 1.82) is 0 Å². The number of piperazine rings is 2. The number of amides is 6. The molecule has 6 heterocycles. The lowest BCUT2D eigenvalue weighted by Crippen LogP contribution is -2.47. The van der Waals surface area contributed by atoms with Crippen molar-refractivity contribution in [1.82, 2.24) is 35.2 Å². The van der Waals surface area contributed by atoms with Gasteiger partial charge in [0.2, 0.25) is 0 Å². The number of nitrogens with zero attached hydrogens (tertiary/aromatic N) is 7. The molecule has 500 valence electrons. The highest BCUT2D eigenvalue weighted by atomic mass is 32.1. The first-order valence-electron chi connectivity index (χ1n) is 32.7. The second-order valence-corrected chi connectivity index (χ2v) is 25.1. The zero-order chi connectivity index (χ0) is 67.6. The number of aryl methyl sites for hydroxylation is 2. The van der Waals surface area contributed by atoms with Crippen LogP contribution in [-0.4, -0.2) is 154 Å². The third kappa shape index (κ3) is 14.4. The maximum atomic E-state index is 14.4. The lowest BCUT2D eigenvalue weighted by atomic mass is 9.99. The van der Waals surface area contributed by atoms with Gasteiger partial charge in [-0.15, -0.1) is 11.3 Å². The first-order chi connectivity index (χ1) is 46.6. The van der Waals surface area contributed by atoms with Crippen LogP contribution in [0.1, 0.15) is 160 Å². The minimum absolute atomic E-state index is 0.252. The van der Waals surface area contributed by atoms with Crippen LogP contribution in [0.5, 0.6) is 23.0 Å². The van der Waals surface area contributed by atoms with Crippen LogP contribution >= 0.6 is 11.3 Å². The summed E-state index contributed by atoms with van der Waals surface area (Å²) < 4.78 is 27.6. The number of carbonyl (C=O) groups is 6. The molecular formula is C75H83N9O11S. The molecular weight excluding hydrogens is 1230 g/mol. The van der Waals surface area contributed by atoms with E-state index < -0.39 is 12.1 Å². The fourth-order valence-corrected chi connectivity index (χ4v) is 14.0. The van der Waals surface area contributed by atoms with Crippen molar-refractivity contribution >= 4 is 58.2 Å². The van der Waals surface area contributed by atoms with E-state index in [4.69, 9.17) is 23.4 Å².